The van der Waals surface area contributed by atoms with Crippen LogP contribution in [0.3, 0.4) is 0 Å². The normalized spacial score (nSPS) is 33.0. The highest BCUT2D eigenvalue weighted by atomic mass is 16.5. The first-order valence-corrected chi connectivity index (χ1v) is 8.94. The molecule has 2 N–H and O–H groups in total. The van der Waals surface area contributed by atoms with E-state index >= 15 is 0 Å². The van der Waals surface area contributed by atoms with Gasteiger partial charge in [0.25, 0.3) is 0 Å². The van der Waals surface area contributed by atoms with Gasteiger partial charge in [-0.15, -0.1) is 5.10 Å². The van der Waals surface area contributed by atoms with Crippen molar-refractivity contribution in [3.63, 3.8) is 0 Å². The summed E-state index contributed by atoms with van der Waals surface area (Å²) in [6, 6.07) is 0.449. The van der Waals surface area contributed by atoms with Crippen LogP contribution in [-0.2, 0) is 22.6 Å². The van der Waals surface area contributed by atoms with Gasteiger partial charge in [-0.25, -0.2) is 0 Å². The molecule has 24 heavy (non-hydrogen) atoms. The number of nitrogens with two attached hydrogens (primary N) is 1. The topological polar surface area (TPSA) is 89.5 Å². The van der Waals surface area contributed by atoms with E-state index in [4.69, 9.17) is 10.5 Å². The van der Waals surface area contributed by atoms with Gasteiger partial charge in [-0.1, -0.05) is 5.21 Å². The number of nitrogens with zero attached hydrogens (tertiary/aromatic N) is 5. The molecule has 0 saturated carbocycles. The zero-order valence-electron chi connectivity index (χ0n) is 14.0. The Hall–Kier alpha value is -1.51. The molecule has 4 aliphatic rings. The van der Waals surface area contributed by atoms with Crippen molar-refractivity contribution in [1.29, 1.82) is 0 Å². The Balaban J connectivity index is 1.39. The summed E-state index contributed by atoms with van der Waals surface area (Å²) in [6.07, 6.45) is 4.13. The molecule has 4 fully saturated rings. The first-order valence-electron chi connectivity index (χ1n) is 8.94. The van der Waals surface area contributed by atoms with Crippen molar-refractivity contribution in [2.24, 2.45) is 17.6 Å². The fraction of sp³-hybridized carbons (Fsp3) is 0.812. The van der Waals surface area contributed by atoms with Crippen LogP contribution in [0.2, 0.25) is 0 Å². The van der Waals surface area contributed by atoms with Crippen LogP contribution in [0.5, 0.6) is 0 Å². The van der Waals surface area contributed by atoms with Crippen molar-refractivity contribution in [3.8, 4) is 0 Å². The van der Waals surface area contributed by atoms with E-state index in [9.17, 15) is 4.79 Å². The molecule has 0 aromatic carbocycles. The highest BCUT2D eigenvalue weighted by Gasteiger charge is 2.44. The van der Waals surface area contributed by atoms with Crippen LogP contribution in [0, 0.1) is 11.8 Å². The van der Waals surface area contributed by atoms with Crippen molar-refractivity contribution in [2.45, 2.75) is 32.0 Å². The lowest BCUT2D eigenvalue weighted by Gasteiger charge is -2.50. The zero-order chi connectivity index (χ0) is 16.5. The molecule has 4 atom stereocenters. The molecule has 8 nitrogen and oxygen atoms in total. The maximum Gasteiger partial charge on any atom is 0.227 e. The molecule has 132 valence electrons. The molecule has 5 rings (SSSR count). The largest absolute Gasteiger partial charge is 0.378 e. The number of hydrogen-bond acceptors (Lipinski definition) is 6. The van der Waals surface area contributed by atoms with Crippen LogP contribution in [0.1, 0.15) is 18.5 Å². The molecule has 1 amide bonds. The molecule has 1 unspecified atom stereocenters. The number of piperidine rings is 3. The van der Waals surface area contributed by atoms with E-state index in [1.807, 2.05) is 15.8 Å². The van der Waals surface area contributed by atoms with Gasteiger partial charge in [-0.2, -0.15) is 0 Å². The number of fused-ring (bicyclic) bond motifs is 3. The first kappa shape index (κ1) is 16.0. The molecule has 5 heterocycles. The Morgan fingerprint density at radius 3 is 2.83 bits per heavy atom. The van der Waals surface area contributed by atoms with Gasteiger partial charge in [-0.3, -0.25) is 14.4 Å². The number of morpholine rings is 1. The molecule has 0 aliphatic carbocycles. The molecule has 1 aromatic heterocycles. The van der Waals surface area contributed by atoms with E-state index in [1.54, 1.807) is 0 Å². The summed E-state index contributed by atoms with van der Waals surface area (Å²) in [7, 11) is 0. The minimum absolute atomic E-state index is 0.156. The Kier molecular flexibility index (Phi) is 4.51. The van der Waals surface area contributed by atoms with E-state index in [2.05, 4.69) is 15.2 Å². The second-order valence-electron chi connectivity index (χ2n) is 7.11. The molecular weight excluding hydrogens is 308 g/mol. The Bertz CT molecular complexity index is 585. The van der Waals surface area contributed by atoms with Crippen molar-refractivity contribution in [1.82, 2.24) is 24.8 Å². The summed E-state index contributed by atoms with van der Waals surface area (Å²) in [5.74, 6) is 0.980. The summed E-state index contributed by atoms with van der Waals surface area (Å²) in [4.78, 5) is 17.3. The van der Waals surface area contributed by atoms with E-state index in [0.29, 0.717) is 37.6 Å². The molecule has 4 saturated heterocycles. The Labute approximate surface area is 141 Å². The monoisotopic (exact) mass is 334 g/mol. The summed E-state index contributed by atoms with van der Waals surface area (Å²) < 4.78 is 7.26. The fourth-order valence-corrected chi connectivity index (χ4v) is 4.36. The number of carbonyl (C=O) groups is 1. The number of hydrogen-bond donors (Lipinski definition) is 1. The van der Waals surface area contributed by atoms with Gasteiger partial charge in [-0.05, 0) is 25.3 Å². The number of amides is 1. The van der Waals surface area contributed by atoms with Gasteiger partial charge < -0.3 is 15.4 Å². The highest BCUT2D eigenvalue weighted by molar-refractivity contribution is 5.79. The predicted molar refractivity (Wildman–Crippen MR) is 86.9 cm³/mol. The second kappa shape index (κ2) is 6.78. The van der Waals surface area contributed by atoms with Crippen LogP contribution in [0.15, 0.2) is 6.20 Å². The highest BCUT2D eigenvalue weighted by Crippen LogP contribution is 2.37. The number of ether oxygens (including phenoxy) is 1. The standard InChI is InChI=1S/C16H26N6O2/c17-8-13-9-22(19-18-13)10-14-7-12-1-2-21(14)11-15(12)16(23)20-3-5-24-6-4-20/h9,12,14-15H,1-8,10-11,17H2/t12-,14+,15-/m0/s1. The van der Waals surface area contributed by atoms with Gasteiger partial charge in [0, 0.05) is 38.4 Å². The van der Waals surface area contributed by atoms with Crippen molar-refractivity contribution < 1.29 is 9.53 Å². The second-order valence-corrected chi connectivity index (χ2v) is 7.11. The predicted octanol–water partition coefficient (Wildman–Crippen LogP) is -0.694. The van der Waals surface area contributed by atoms with Gasteiger partial charge in [0.15, 0.2) is 0 Å². The van der Waals surface area contributed by atoms with Crippen LogP contribution in [-0.4, -0.2) is 76.1 Å². The van der Waals surface area contributed by atoms with Crippen LogP contribution >= 0.6 is 0 Å². The Morgan fingerprint density at radius 1 is 1.33 bits per heavy atom. The minimum Gasteiger partial charge on any atom is -0.378 e. The third-order valence-corrected chi connectivity index (χ3v) is 5.71. The van der Waals surface area contributed by atoms with E-state index in [1.165, 1.54) is 0 Å². The smallest absolute Gasteiger partial charge is 0.227 e. The third kappa shape index (κ3) is 3.05. The molecule has 2 bridgehead atoms. The lowest BCUT2D eigenvalue weighted by molar-refractivity contribution is -0.148. The SMILES string of the molecule is NCc1cn(C[C@H]2C[C@@H]3CCN2C[C@@H]3C(=O)N2CCOCC2)nn1. The fourth-order valence-electron chi connectivity index (χ4n) is 4.36. The van der Waals surface area contributed by atoms with E-state index in [0.717, 1.165) is 51.3 Å². The van der Waals surface area contributed by atoms with Gasteiger partial charge in [0.1, 0.15) is 0 Å². The van der Waals surface area contributed by atoms with Crippen molar-refractivity contribution in [3.05, 3.63) is 11.9 Å². The maximum absolute atomic E-state index is 12.9. The average molecular weight is 334 g/mol. The maximum atomic E-state index is 12.9. The van der Waals surface area contributed by atoms with Crippen molar-refractivity contribution >= 4 is 5.91 Å². The quantitative estimate of drug-likeness (QED) is 0.784. The Morgan fingerprint density at radius 2 is 2.17 bits per heavy atom. The molecular formula is C16H26N6O2. The summed E-state index contributed by atoms with van der Waals surface area (Å²) >= 11 is 0. The number of aromatic nitrogens is 3. The molecule has 1 aromatic rings. The summed E-state index contributed by atoms with van der Waals surface area (Å²) in [5, 5.41) is 8.23. The van der Waals surface area contributed by atoms with Gasteiger partial charge in [0.2, 0.25) is 5.91 Å². The molecule has 4 aliphatic heterocycles. The van der Waals surface area contributed by atoms with Crippen molar-refractivity contribution in [2.75, 3.05) is 39.4 Å². The van der Waals surface area contributed by atoms with E-state index in [-0.39, 0.29) is 5.92 Å². The molecule has 0 radical (unpaired) electrons. The third-order valence-electron chi connectivity index (χ3n) is 5.71. The van der Waals surface area contributed by atoms with Crippen LogP contribution < -0.4 is 5.73 Å². The number of rotatable bonds is 4. The minimum atomic E-state index is 0.156. The number of carbonyl (C=O) groups excluding carboxylic acids is 1. The van der Waals surface area contributed by atoms with Gasteiger partial charge >= 0.3 is 0 Å². The first-order chi connectivity index (χ1) is 11.7. The van der Waals surface area contributed by atoms with Crippen LogP contribution in [0.4, 0.5) is 0 Å². The molecule has 0 spiro atoms. The lowest BCUT2D eigenvalue weighted by atomic mass is 9.75. The van der Waals surface area contributed by atoms with Crippen LogP contribution in [0.25, 0.3) is 0 Å². The summed E-state index contributed by atoms with van der Waals surface area (Å²) in [5.41, 5.74) is 6.43. The van der Waals surface area contributed by atoms with E-state index < -0.39 is 0 Å². The molecule has 8 heteroatoms. The summed E-state index contributed by atoms with van der Waals surface area (Å²) in [6.45, 7) is 6.05. The van der Waals surface area contributed by atoms with Gasteiger partial charge in [0.05, 0.1) is 31.4 Å². The lowest BCUT2D eigenvalue weighted by Crippen LogP contribution is -2.59. The zero-order valence-corrected chi connectivity index (χ0v) is 14.0. The average Bonchev–Trinajstić information content (AvgIpc) is 3.10.